The van der Waals surface area contributed by atoms with Crippen LogP contribution in [0, 0.1) is 12.4 Å². The lowest BCUT2D eigenvalue weighted by Gasteiger charge is -2.32. The van der Waals surface area contributed by atoms with Crippen molar-refractivity contribution in [2.75, 3.05) is 13.1 Å². The number of halogens is 2. The Bertz CT molecular complexity index is 1030. The normalized spacial score (nSPS) is 14.8. The number of hydrogen-bond donors (Lipinski definition) is 1. The van der Waals surface area contributed by atoms with Crippen LogP contribution >= 0.6 is 27.3 Å². The number of likely N-dealkylation sites (tertiary alicyclic amines) is 1. The highest BCUT2D eigenvalue weighted by atomic mass is 79.9. The first-order valence-electron chi connectivity index (χ1n) is 9.83. The molecule has 3 rings (SSSR count). The van der Waals surface area contributed by atoms with Crippen molar-refractivity contribution < 1.29 is 18.7 Å². The van der Waals surface area contributed by atoms with Gasteiger partial charge in [0, 0.05) is 24.7 Å². The van der Waals surface area contributed by atoms with Crippen LogP contribution in [-0.2, 0) is 4.74 Å². The van der Waals surface area contributed by atoms with Gasteiger partial charge in [-0.05, 0) is 67.2 Å². The van der Waals surface area contributed by atoms with Gasteiger partial charge in [-0.2, -0.15) is 0 Å². The smallest absolute Gasteiger partial charge is 0.407 e. The average molecular weight is 508 g/mol. The summed E-state index contributed by atoms with van der Waals surface area (Å²) in [5.41, 5.74) is 0.733. The van der Waals surface area contributed by atoms with Crippen LogP contribution in [0.2, 0.25) is 0 Å². The summed E-state index contributed by atoms with van der Waals surface area (Å²) < 4.78 is 20.0. The van der Waals surface area contributed by atoms with Crippen LogP contribution in [0.1, 0.15) is 43.3 Å². The molecule has 0 unspecified atom stereocenters. The van der Waals surface area contributed by atoms with E-state index < -0.39 is 17.5 Å². The molecule has 6 nitrogen and oxygen atoms in total. The molecule has 0 radical (unpaired) electrons. The number of nitrogens with zero attached hydrogens (tertiary/aromatic N) is 2. The van der Waals surface area contributed by atoms with Crippen molar-refractivity contribution in [1.82, 2.24) is 10.2 Å². The van der Waals surface area contributed by atoms with E-state index in [1.165, 1.54) is 23.5 Å². The fourth-order valence-electron chi connectivity index (χ4n) is 3.29. The molecule has 1 aromatic heterocycles. The Hall–Kier alpha value is -2.44. The molecule has 1 aliphatic heterocycles. The van der Waals surface area contributed by atoms with Gasteiger partial charge in [0.25, 0.3) is 5.91 Å². The number of alkyl carbamates (subject to hydrolysis) is 1. The van der Waals surface area contributed by atoms with Crippen LogP contribution in [0.5, 0.6) is 0 Å². The Morgan fingerprint density at radius 3 is 2.55 bits per heavy atom. The third kappa shape index (κ3) is 5.83. The molecular formula is C22H23BrFN3O3S. The predicted octanol–water partition coefficient (Wildman–Crippen LogP) is 6.00. The van der Waals surface area contributed by atoms with Gasteiger partial charge in [0.2, 0.25) is 5.69 Å². The van der Waals surface area contributed by atoms with Crippen molar-refractivity contribution in [3.8, 4) is 11.1 Å². The molecule has 1 fully saturated rings. The maximum absolute atomic E-state index is 14.0. The fourth-order valence-corrected chi connectivity index (χ4v) is 5.03. The Labute approximate surface area is 193 Å². The maximum Gasteiger partial charge on any atom is 0.407 e. The molecule has 0 aliphatic carbocycles. The fraction of sp³-hybridized carbons (Fsp3) is 0.409. The summed E-state index contributed by atoms with van der Waals surface area (Å²) in [6, 6.07) is 6.13. The Morgan fingerprint density at radius 2 is 1.97 bits per heavy atom. The standard InChI is InChI=1S/C22H23BrFN3O3S/c1-22(2,3)30-21(29)26-14-7-9-27(10-8-14)20(28)18-12-15(19(23)31-18)13-5-6-17(25-4)16(24)11-13/h5-6,11-12,14H,7-10H2,1-3H3,(H,26,29). The van der Waals surface area contributed by atoms with Crippen LogP contribution in [0.4, 0.5) is 14.9 Å². The minimum absolute atomic E-state index is 0.0331. The Balaban J connectivity index is 1.63. The van der Waals surface area contributed by atoms with Crippen LogP contribution in [0.3, 0.4) is 0 Å². The topological polar surface area (TPSA) is 63.0 Å². The summed E-state index contributed by atoms with van der Waals surface area (Å²) in [6.07, 6.45) is 0.849. The number of ether oxygens (including phenoxy) is 1. The van der Waals surface area contributed by atoms with Crippen LogP contribution in [-0.4, -0.2) is 41.6 Å². The lowest BCUT2D eigenvalue weighted by molar-refractivity contribution is 0.0474. The molecule has 0 saturated carbocycles. The number of rotatable bonds is 3. The zero-order valence-corrected chi connectivity index (χ0v) is 19.9. The number of benzene rings is 1. The van der Waals surface area contributed by atoms with Crippen molar-refractivity contribution in [1.29, 1.82) is 0 Å². The van der Waals surface area contributed by atoms with Gasteiger partial charge >= 0.3 is 6.09 Å². The molecule has 2 amide bonds. The molecule has 1 N–H and O–H groups in total. The molecule has 0 spiro atoms. The van der Waals surface area contributed by atoms with Crippen LogP contribution in [0.25, 0.3) is 16.0 Å². The predicted molar refractivity (Wildman–Crippen MR) is 122 cm³/mol. The molecule has 1 saturated heterocycles. The second kappa shape index (κ2) is 9.37. The monoisotopic (exact) mass is 507 g/mol. The van der Waals surface area contributed by atoms with Crippen molar-refractivity contribution in [2.45, 2.75) is 45.3 Å². The lowest BCUT2D eigenvalue weighted by Crippen LogP contribution is -2.47. The maximum atomic E-state index is 14.0. The Kier molecular flexibility index (Phi) is 7.02. The number of piperidine rings is 1. The zero-order valence-electron chi connectivity index (χ0n) is 17.5. The van der Waals surface area contributed by atoms with Gasteiger partial charge < -0.3 is 15.0 Å². The molecule has 2 heterocycles. The second-order valence-electron chi connectivity index (χ2n) is 8.29. The van der Waals surface area contributed by atoms with Gasteiger partial charge in [-0.3, -0.25) is 4.79 Å². The van der Waals surface area contributed by atoms with Gasteiger partial charge in [0.15, 0.2) is 0 Å². The molecule has 2 aromatic rings. The highest BCUT2D eigenvalue weighted by Crippen LogP contribution is 2.38. The SMILES string of the molecule is [C-]#[N+]c1ccc(-c2cc(C(=O)N3CCC(NC(=O)OC(C)(C)C)CC3)sc2Br)cc1F. The van der Waals surface area contributed by atoms with Gasteiger partial charge in [0.05, 0.1) is 15.2 Å². The lowest BCUT2D eigenvalue weighted by atomic mass is 10.0. The first-order valence-corrected chi connectivity index (χ1v) is 11.4. The van der Waals surface area contributed by atoms with Crippen molar-refractivity contribution in [3.63, 3.8) is 0 Å². The number of carbonyl (C=O) groups excluding carboxylic acids is 2. The van der Waals surface area contributed by atoms with E-state index in [1.54, 1.807) is 17.0 Å². The molecule has 9 heteroatoms. The summed E-state index contributed by atoms with van der Waals surface area (Å²) in [5, 5.41) is 2.86. The third-order valence-corrected chi connectivity index (χ3v) is 6.60. The molecule has 31 heavy (non-hydrogen) atoms. The third-order valence-electron chi connectivity index (χ3n) is 4.78. The number of thiophene rings is 1. The summed E-state index contributed by atoms with van der Waals surface area (Å²) in [7, 11) is 0. The van der Waals surface area contributed by atoms with Gasteiger partial charge in [-0.15, -0.1) is 11.3 Å². The molecule has 1 aliphatic rings. The van der Waals surface area contributed by atoms with E-state index in [1.807, 2.05) is 20.8 Å². The van der Waals surface area contributed by atoms with E-state index in [2.05, 4.69) is 26.1 Å². The van der Waals surface area contributed by atoms with Crippen molar-refractivity contribution in [2.24, 2.45) is 0 Å². The number of hydrogen-bond acceptors (Lipinski definition) is 4. The van der Waals surface area contributed by atoms with Crippen molar-refractivity contribution in [3.05, 3.63) is 50.2 Å². The summed E-state index contributed by atoms with van der Waals surface area (Å²) in [6.45, 7) is 13.5. The molecule has 1 aromatic carbocycles. The number of nitrogens with one attached hydrogen (secondary N) is 1. The summed E-state index contributed by atoms with van der Waals surface area (Å²) >= 11 is 4.77. The number of amides is 2. The second-order valence-corrected chi connectivity index (χ2v) is 10.7. The van der Waals surface area contributed by atoms with Gasteiger partial charge in [0.1, 0.15) is 11.4 Å². The quantitative estimate of drug-likeness (QED) is 0.518. The van der Waals surface area contributed by atoms with Gasteiger partial charge in [-0.25, -0.2) is 14.0 Å². The van der Waals surface area contributed by atoms with E-state index in [-0.39, 0.29) is 17.6 Å². The molecular weight excluding hydrogens is 485 g/mol. The van der Waals surface area contributed by atoms with Crippen molar-refractivity contribution >= 4 is 45.0 Å². The first-order chi connectivity index (χ1) is 14.6. The zero-order chi connectivity index (χ0) is 22.8. The van der Waals surface area contributed by atoms with Gasteiger partial charge in [-0.1, -0.05) is 12.1 Å². The van der Waals surface area contributed by atoms with Crippen LogP contribution in [0.15, 0.2) is 28.1 Å². The molecule has 164 valence electrons. The largest absolute Gasteiger partial charge is 0.444 e. The highest BCUT2D eigenvalue weighted by molar-refractivity contribution is 9.11. The van der Waals surface area contributed by atoms with E-state index >= 15 is 0 Å². The number of carbonyl (C=O) groups is 2. The minimum Gasteiger partial charge on any atom is -0.444 e. The summed E-state index contributed by atoms with van der Waals surface area (Å²) in [5.74, 6) is -0.677. The van der Waals surface area contributed by atoms with E-state index in [0.717, 1.165) is 3.79 Å². The molecule has 0 atom stereocenters. The van der Waals surface area contributed by atoms with E-state index in [9.17, 15) is 14.0 Å². The van der Waals surface area contributed by atoms with E-state index in [0.29, 0.717) is 41.9 Å². The average Bonchev–Trinajstić information content (AvgIpc) is 3.08. The minimum atomic E-state index is -0.585. The summed E-state index contributed by atoms with van der Waals surface area (Å²) in [4.78, 5) is 30.4. The Morgan fingerprint density at radius 1 is 1.29 bits per heavy atom. The molecule has 0 bridgehead atoms. The highest BCUT2D eigenvalue weighted by Gasteiger charge is 2.27. The first kappa shape index (κ1) is 23.2. The van der Waals surface area contributed by atoms with Crippen LogP contribution < -0.4 is 5.32 Å². The van der Waals surface area contributed by atoms with E-state index in [4.69, 9.17) is 11.3 Å².